The average molecular weight is 185 g/mol. The van der Waals surface area contributed by atoms with Gasteiger partial charge in [-0.05, 0) is 19.1 Å². The van der Waals surface area contributed by atoms with Gasteiger partial charge in [0, 0.05) is 0 Å². The number of rotatable bonds is 4. The van der Waals surface area contributed by atoms with Gasteiger partial charge in [-0.1, -0.05) is 12.2 Å². The van der Waals surface area contributed by atoms with Crippen LogP contribution in [0.25, 0.3) is 0 Å². The fourth-order valence-corrected chi connectivity index (χ4v) is 0.752. The van der Waals surface area contributed by atoms with Crippen LogP contribution in [0.4, 0.5) is 0 Å². The minimum absolute atomic E-state index is 0.204. The molecule has 0 aromatic carbocycles. The van der Waals surface area contributed by atoms with E-state index in [4.69, 9.17) is 27.1 Å². The highest BCUT2D eigenvalue weighted by atomic mass is 32.1. The molecule has 0 spiro atoms. The van der Waals surface area contributed by atoms with E-state index in [9.17, 15) is 0 Å². The third-order valence-corrected chi connectivity index (χ3v) is 1.79. The first-order valence-electron chi connectivity index (χ1n) is 3.63. The molecular weight excluding hydrogens is 174 g/mol. The zero-order valence-corrected chi connectivity index (χ0v) is 7.64. The molecule has 1 heterocycles. The Hall–Kier alpha value is -0.870. The molecule has 1 aromatic rings. The van der Waals surface area contributed by atoms with Gasteiger partial charge in [-0.3, -0.25) is 0 Å². The standard InChI is InChI=1S/C8H11NO2S/c1-6(8(9)12)11-5-7-3-2-4-10-7/h2-4,6H,5H2,1H3,(H2,9,12). The number of hydrogen-bond donors (Lipinski definition) is 1. The van der Waals surface area contributed by atoms with Gasteiger partial charge in [-0.25, -0.2) is 0 Å². The molecule has 0 bridgehead atoms. The van der Waals surface area contributed by atoms with Crippen molar-refractivity contribution >= 4 is 17.2 Å². The summed E-state index contributed by atoms with van der Waals surface area (Å²) < 4.78 is 10.3. The molecule has 3 nitrogen and oxygen atoms in total. The van der Waals surface area contributed by atoms with Crippen molar-refractivity contribution in [2.45, 2.75) is 19.6 Å². The van der Waals surface area contributed by atoms with Crippen LogP contribution in [-0.2, 0) is 11.3 Å². The van der Waals surface area contributed by atoms with Gasteiger partial charge in [0.2, 0.25) is 0 Å². The van der Waals surface area contributed by atoms with Gasteiger partial charge < -0.3 is 14.9 Å². The summed E-state index contributed by atoms with van der Waals surface area (Å²) in [6, 6.07) is 3.65. The molecule has 12 heavy (non-hydrogen) atoms. The van der Waals surface area contributed by atoms with Crippen LogP contribution in [-0.4, -0.2) is 11.1 Å². The van der Waals surface area contributed by atoms with Gasteiger partial charge in [-0.15, -0.1) is 0 Å². The Morgan fingerprint density at radius 3 is 3.08 bits per heavy atom. The fraction of sp³-hybridized carbons (Fsp3) is 0.375. The van der Waals surface area contributed by atoms with Crippen molar-refractivity contribution < 1.29 is 9.15 Å². The Kier molecular flexibility index (Phi) is 3.25. The molecule has 1 atom stereocenters. The maximum Gasteiger partial charge on any atom is 0.129 e. The Bertz CT molecular complexity index is 246. The molecule has 0 radical (unpaired) electrons. The van der Waals surface area contributed by atoms with Crippen molar-refractivity contribution in [2.24, 2.45) is 5.73 Å². The van der Waals surface area contributed by atoms with Crippen LogP contribution in [0.5, 0.6) is 0 Å². The van der Waals surface area contributed by atoms with Gasteiger partial charge in [0.25, 0.3) is 0 Å². The lowest BCUT2D eigenvalue weighted by Crippen LogP contribution is -2.26. The van der Waals surface area contributed by atoms with Crippen LogP contribution in [0.15, 0.2) is 22.8 Å². The van der Waals surface area contributed by atoms with Crippen molar-refractivity contribution in [1.29, 1.82) is 0 Å². The molecule has 0 fully saturated rings. The Labute approximate surface area is 76.5 Å². The SMILES string of the molecule is CC(OCc1ccco1)C(N)=S. The van der Waals surface area contributed by atoms with E-state index in [0.29, 0.717) is 11.6 Å². The first-order chi connectivity index (χ1) is 5.70. The lowest BCUT2D eigenvalue weighted by atomic mass is 10.4. The average Bonchev–Trinajstić information content (AvgIpc) is 2.51. The molecule has 4 heteroatoms. The number of thiocarbonyl (C=S) groups is 1. The van der Waals surface area contributed by atoms with E-state index in [1.807, 2.05) is 19.1 Å². The van der Waals surface area contributed by atoms with Gasteiger partial charge in [0.1, 0.15) is 23.5 Å². The molecule has 0 amide bonds. The zero-order valence-electron chi connectivity index (χ0n) is 6.82. The van der Waals surface area contributed by atoms with Crippen molar-refractivity contribution in [3.63, 3.8) is 0 Å². The molecule has 0 aliphatic heterocycles. The molecule has 2 N–H and O–H groups in total. The normalized spacial score (nSPS) is 12.8. The van der Waals surface area contributed by atoms with Crippen molar-refractivity contribution in [3.8, 4) is 0 Å². The summed E-state index contributed by atoms with van der Waals surface area (Å²) in [5.74, 6) is 0.776. The Morgan fingerprint density at radius 1 is 1.83 bits per heavy atom. The molecular formula is C8H11NO2S. The highest BCUT2D eigenvalue weighted by Crippen LogP contribution is 2.03. The van der Waals surface area contributed by atoms with E-state index in [2.05, 4.69) is 0 Å². The Morgan fingerprint density at radius 2 is 2.58 bits per heavy atom. The van der Waals surface area contributed by atoms with Crippen molar-refractivity contribution in [2.75, 3.05) is 0 Å². The highest BCUT2D eigenvalue weighted by Gasteiger charge is 2.05. The third-order valence-electron chi connectivity index (χ3n) is 1.46. The van der Waals surface area contributed by atoms with E-state index in [1.165, 1.54) is 0 Å². The van der Waals surface area contributed by atoms with E-state index < -0.39 is 0 Å². The first-order valence-corrected chi connectivity index (χ1v) is 4.04. The molecule has 0 saturated heterocycles. The lowest BCUT2D eigenvalue weighted by Gasteiger charge is -2.08. The monoisotopic (exact) mass is 185 g/mol. The molecule has 1 unspecified atom stereocenters. The molecule has 0 saturated carbocycles. The molecule has 0 aliphatic carbocycles. The number of hydrogen-bond acceptors (Lipinski definition) is 3. The predicted octanol–water partition coefficient (Wildman–Crippen LogP) is 1.47. The first kappa shape index (κ1) is 9.22. The van der Waals surface area contributed by atoms with Crippen LogP contribution < -0.4 is 5.73 Å². The zero-order chi connectivity index (χ0) is 8.97. The summed E-state index contributed by atoms with van der Waals surface area (Å²) in [4.78, 5) is 0.363. The third kappa shape index (κ3) is 2.64. The van der Waals surface area contributed by atoms with E-state index in [-0.39, 0.29) is 6.10 Å². The van der Waals surface area contributed by atoms with Crippen LogP contribution in [0.2, 0.25) is 0 Å². The fourth-order valence-electron chi connectivity index (χ4n) is 0.684. The van der Waals surface area contributed by atoms with Crippen LogP contribution >= 0.6 is 12.2 Å². The van der Waals surface area contributed by atoms with Crippen molar-refractivity contribution in [1.82, 2.24) is 0 Å². The minimum Gasteiger partial charge on any atom is -0.467 e. The van der Waals surface area contributed by atoms with Gasteiger partial charge in [-0.2, -0.15) is 0 Å². The molecule has 1 aromatic heterocycles. The topological polar surface area (TPSA) is 48.4 Å². The minimum atomic E-state index is -0.204. The lowest BCUT2D eigenvalue weighted by molar-refractivity contribution is 0.0837. The maximum absolute atomic E-state index is 5.35. The Balaban J connectivity index is 2.31. The van der Waals surface area contributed by atoms with Gasteiger partial charge >= 0.3 is 0 Å². The summed E-state index contributed by atoms with van der Waals surface area (Å²) in [5.41, 5.74) is 5.35. The second-order valence-electron chi connectivity index (χ2n) is 2.43. The summed E-state index contributed by atoms with van der Waals surface area (Å²) in [6.45, 7) is 2.22. The van der Waals surface area contributed by atoms with Gasteiger partial charge in [0.05, 0.1) is 6.26 Å². The maximum atomic E-state index is 5.35. The molecule has 1 rings (SSSR count). The van der Waals surface area contributed by atoms with Crippen molar-refractivity contribution in [3.05, 3.63) is 24.2 Å². The highest BCUT2D eigenvalue weighted by molar-refractivity contribution is 7.80. The summed E-state index contributed by atoms with van der Waals surface area (Å²) in [6.07, 6.45) is 1.40. The quantitative estimate of drug-likeness (QED) is 0.722. The van der Waals surface area contributed by atoms with E-state index >= 15 is 0 Å². The second-order valence-corrected chi connectivity index (χ2v) is 2.91. The largest absolute Gasteiger partial charge is 0.467 e. The summed E-state index contributed by atoms with van der Waals surface area (Å²) >= 11 is 4.74. The van der Waals surface area contributed by atoms with Gasteiger partial charge in [0.15, 0.2) is 0 Å². The van der Waals surface area contributed by atoms with E-state index in [0.717, 1.165) is 5.76 Å². The van der Waals surface area contributed by atoms with Crippen LogP contribution in [0.3, 0.4) is 0 Å². The summed E-state index contributed by atoms with van der Waals surface area (Å²) in [5, 5.41) is 0. The molecule has 0 aliphatic rings. The number of ether oxygens (including phenoxy) is 1. The van der Waals surface area contributed by atoms with Crippen LogP contribution in [0.1, 0.15) is 12.7 Å². The molecule has 66 valence electrons. The second kappa shape index (κ2) is 4.23. The van der Waals surface area contributed by atoms with E-state index in [1.54, 1.807) is 6.26 Å². The smallest absolute Gasteiger partial charge is 0.129 e. The number of furan rings is 1. The van der Waals surface area contributed by atoms with Crippen LogP contribution in [0, 0.1) is 0 Å². The predicted molar refractivity (Wildman–Crippen MR) is 49.7 cm³/mol. The number of nitrogens with two attached hydrogens (primary N) is 1. The summed E-state index contributed by atoms with van der Waals surface area (Å²) in [7, 11) is 0.